The molecule has 1 fully saturated rings. The first-order valence-corrected chi connectivity index (χ1v) is 7.22. The van der Waals surface area contributed by atoms with Gasteiger partial charge in [-0.15, -0.1) is 0 Å². The summed E-state index contributed by atoms with van der Waals surface area (Å²) in [5.41, 5.74) is 1.92. The predicted octanol–water partition coefficient (Wildman–Crippen LogP) is 2.86. The van der Waals surface area contributed by atoms with Crippen molar-refractivity contribution in [1.29, 1.82) is 0 Å². The number of carbonyl (C=O) groups is 1. The van der Waals surface area contributed by atoms with Crippen molar-refractivity contribution in [1.82, 2.24) is 5.32 Å². The molecule has 1 heterocycles. The van der Waals surface area contributed by atoms with Crippen LogP contribution in [0.25, 0.3) is 0 Å². The highest BCUT2D eigenvalue weighted by Gasteiger charge is 2.13. The zero-order valence-electron chi connectivity index (χ0n) is 12.0. The van der Waals surface area contributed by atoms with Crippen LogP contribution in [0.1, 0.15) is 43.0 Å². The third-order valence-electron chi connectivity index (χ3n) is 3.92. The van der Waals surface area contributed by atoms with Crippen LogP contribution in [0.4, 0.5) is 5.69 Å². The van der Waals surface area contributed by atoms with Crippen molar-refractivity contribution in [3.05, 3.63) is 29.8 Å². The Balaban J connectivity index is 1.89. The van der Waals surface area contributed by atoms with E-state index in [-0.39, 0.29) is 5.78 Å². The van der Waals surface area contributed by atoms with Crippen molar-refractivity contribution in [2.45, 2.75) is 38.6 Å². The Morgan fingerprint density at radius 1 is 1.42 bits per heavy atom. The van der Waals surface area contributed by atoms with Crippen LogP contribution in [0.5, 0.6) is 0 Å². The fraction of sp³-hybridized carbons (Fsp3) is 0.562. The molecule has 3 nitrogen and oxygen atoms in total. The van der Waals surface area contributed by atoms with Crippen molar-refractivity contribution < 1.29 is 4.79 Å². The van der Waals surface area contributed by atoms with Crippen LogP contribution in [-0.4, -0.2) is 32.0 Å². The summed E-state index contributed by atoms with van der Waals surface area (Å²) >= 11 is 0. The van der Waals surface area contributed by atoms with Crippen LogP contribution in [0, 0.1) is 0 Å². The monoisotopic (exact) mass is 260 g/mol. The molecule has 0 radical (unpaired) electrons. The predicted molar refractivity (Wildman–Crippen MR) is 80.0 cm³/mol. The minimum absolute atomic E-state index is 0.129. The minimum atomic E-state index is 0.129. The lowest BCUT2D eigenvalue weighted by Crippen LogP contribution is -2.36. The Hall–Kier alpha value is -1.35. The maximum Gasteiger partial charge on any atom is 0.159 e. The number of piperidine rings is 1. The molecule has 3 heteroatoms. The van der Waals surface area contributed by atoms with Crippen molar-refractivity contribution >= 4 is 11.5 Å². The Morgan fingerprint density at radius 3 is 2.95 bits per heavy atom. The second-order valence-electron chi connectivity index (χ2n) is 5.46. The third-order valence-corrected chi connectivity index (χ3v) is 3.92. The van der Waals surface area contributed by atoms with Gasteiger partial charge in [0, 0.05) is 30.9 Å². The highest BCUT2D eigenvalue weighted by Crippen LogP contribution is 2.17. The molecule has 1 aliphatic rings. The molecule has 1 aromatic carbocycles. The van der Waals surface area contributed by atoms with Gasteiger partial charge in [-0.2, -0.15) is 0 Å². The summed E-state index contributed by atoms with van der Waals surface area (Å²) in [6, 6.07) is 8.55. The van der Waals surface area contributed by atoms with Crippen LogP contribution in [0.2, 0.25) is 0 Å². The molecule has 0 amide bonds. The van der Waals surface area contributed by atoms with E-state index in [1.54, 1.807) is 6.92 Å². The second kappa shape index (κ2) is 6.71. The topological polar surface area (TPSA) is 32.3 Å². The fourth-order valence-corrected chi connectivity index (χ4v) is 2.61. The number of nitrogens with one attached hydrogen (secondary N) is 1. The summed E-state index contributed by atoms with van der Waals surface area (Å²) in [7, 11) is 2.10. The number of anilines is 1. The third kappa shape index (κ3) is 4.06. The van der Waals surface area contributed by atoms with Crippen LogP contribution < -0.4 is 10.2 Å². The highest BCUT2D eigenvalue weighted by atomic mass is 16.1. The van der Waals surface area contributed by atoms with Crippen LogP contribution in [-0.2, 0) is 0 Å². The smallest absolute Gasteiger partial charge is 0.159 e. The zero-order chi connectivity index (χ0) is 13.7. The number of ketones is 1. The molecule has 0 aliphatic carbocycles. The van der Waals surface area contributed by atoms with Gasteiger partial charge in [-0.1, -0.05) is 18.6 Å². The molecule has 19 heavy (non-hydrogen) atoms. The summed E-state index contributed by atoms with van der Waals surface area (Å²) in [5, 5.41) is 3.57. The highest BCUT2D eigenvalue weighted by molar-refractivity contribution is 5.94. The van der Waals surface area contributed by atoms with Crippen LogP contribution in [0.15, 0.2) is 24.3 Å². The van der Waals surface area contributed by atoms with E-state index in [2.05, 4.69) is 23.3 Å². The van der Waals surface area contributed by atoms with Gasteiger partial charge in [-0.05, 0) is 44.9 Å². The first kappa shape index (κ1) is 14.1. The number of hydrogen-bond acceptors (Lipinski definition) is 3. The van der Waals surface area contributed by atoms with E-state index in [1.165, 1.54) is 25.7 Å². The molecule has 1 saturated heterocycles. The Kier molecular flexibility index (Phi) is 4.97. The first-order valence-electron chi connectivity index (χ1n) is 7.22. The van der Waals surface area contributed by atoms with E-state index in [0.717, 1.165) is 24.3 Å². The van der Waals surface area contributed by atoms with Gasteiger partial charge in [-0.3, -0.25) is 4.79 Å². The van der Waals surface area contributed by atoms with Crippen molar-refractivity contribution in [2.75, 3.05) is 25.0 Å². The first-order chi connectivity index (χ1) is 9.16. The number of benzene rings is 1. The van der Waals surface area contributed by atoms with Crippen LogP contribution in [0.3, 0.4) is 0 Å². The van der Waals surface area contributed by atoms with E-state index >= 15 is 0 Å². The molecule has 0 bridgehead atoms. The van der Waals surface area contributed by atoms with Gasteiger partial charge in [0.15, 0.2) is 5.78 Å². The summed E-state index contributed by atoms with van der Waals surface area (Å²) in [4.78, 5) is 13.6. The van der Waals surface area contributed by atoms with Gasteiger partial charge in [0.25, 0.3) is 0 Å². The summed E-state index contributed by atoms with van der Waals surface area (Å²) < 4.78 is 0. The maximum atomic E-state index is 11.4. The molecule has 1 atom stereocenters. The fourth-order valence-electron chi connectivity index (χ4n) is 2.61. The summed E-state index contributed by atoms with van der Waals surface area (Å²) in [5.74, 6) is 0.129. The number of hydrogen-bond donors (Lipinski definition) is 1. The van der Waals surface area contributed by atoms with Crippen molar-refractivity contribution in [3.63, 3.8) is 0 Å². The second-order valence-corrected chi connectivity index (χ2v) is 5.46. The largest absolute Gasteiger partial charge is 0.375 e. The summed E-state index contributed by atoms with van der Waals surface area (Å²) in [6.07, 6.45) is 5.12. The van der Waals surface area contributed by atoms with Gasteiger partial charge < -0.3 is 10.2 Å². The normalized spacial score (nSPS) is 19.2. The lowest BCUT2D eigenvalue weighted by Gasteiger charge is -2.27. The van der Waals surface area contributed by atoms with E-state index in [1.807, 2.05) is 18.2 Å². The quantitative estimate of drug-likeness (QED) is 0.826. The Labute approximate surface area is 116 Å². The lowest BCUT2D eigenvalue weighted by atomic mass is 10.0. The van der Waals surface area contributed by atoms with Gasteiger partial charge in [0.05, 0.1) is 0 Å². The molecule has 1 aromatic rings. The molecule has 1 N–H and O–H groups in total. The molecule has 0 spiro atoms. The molecule has 1 unspecified atom stereocenters. The van der Waals surface area contributed by atoms with E-state index in [9.17, 15) is 4.79 Å². The van der Waals surface area contributed by atoms with Gasteiger partial charge in [0.1, 0.15) is 0 Å². The summed E-state index contributed by atoms with van der Waals surface area (Å²) in [6.45, 7) is 3.80. The number of rotatable bonds is 5. The zero-order valence-corrected chi connectivity index (χ0v) is 12.0. The standard InChI is InChI=1S/C16H24N2O/c1-13(19)14-6-5-8-16(12-14)18(2)11-9-15-7-3-4-10-17-15/h5-6,8,12,15,17H,3-4,7,9-11H2,1-2H3. The molecule has 1 aliphatic heterocycles. The number of nitrogens with zero attached hydrogens (tertiary/aromatic N) is 1. The van der Waals surface area contributed by atoms with Crippen molar-refractivity contribution in [3.8, 4) is 0 Å². The lowest BCUT2D eigenvalue weighted by molar-refractivity contribution is 0.101. The number of carbonyl (C=O) groups excluding carboxylic acids is 1. The van der Waals surface area contributed by atoms with Gasteiger partial charge in [0.2, 0.25) is 0 Å². The molecular formula is C16H24N2O. The molecular weight excluding hydrogens is 236 g/mol. The Morgan fingerprint density at radius 2 is 2.26 bits per heavy atom. The van der Waals surface area contributed by atoms with Gasteiger partial charge in [-0.25, -0.2) is 0 Å². The molecule has 0 aromatic heterocycles. The Bertz CT molecular complexity index is 425. The van der Waals surface area contributed by atoms with E-state index in [4.69, 9.17) is 0 Å². The van der Waals surface area contributed by atoms with Crippen LogP contribution >= 0.6 is 0 Å². The van der Waals surface area contributed by atoms with E-state index < -0.39 is 0 Å². The molecule has 2 rings (SSSR count). The van der Waals surface area contributed by atoms with E-state index in [0.29, 0.717) is 6.04 Å². The SMILES string of the molecule is CC(=O)c1cccc(N(C)CCC2CCCCN2)c1. The van der Waals surface area contributed by atoms with Crippen molar-refractivity contribution in [2.24, 2.45) is 0 Å². The average molecular weight is 260 g/mol. The minimum Gasteiger partial charge on any atom is -0.375 e. The molecule has 0 saturated carbocycles. The van der Waals surface area contributed by atoms with Gasteiger partial charge >= 0.3 is 0 Å². The number of Topliss-reactive ketones (excluding diaryl/α,β-unsaturated/α-hetero) is 1. The molecule has 104 valence electrons. The maximum absolute atomic E-state index is 11.4. The average Bonchev–Trinajstić information content (AvgIpc) is 2.46.